The van der Waals surface area contributed by atoms with Crippen LogP contribution in [0.3, 0.4) is 0 Å². The number of nitrogens with zero attached hydrogens (tertiary/aromatic N) is 6. The Morgan fingerprint density at radius 3 is 2.43 bits per heavy atom. The Hall–Kier alpha value is -5.46. The predicted octanol–water partition coefficient (Wildman–Crippen LogP) is 3.38. The second-order valence-electron chi connectivity index (χ2n) is 9.53. The summed E-state index contributed by atoms with van der Waals surface area (Å²) in [5.41, 5.74) is 9.98. The van der Waals surface area contributed by atoms with Crippen LogP contribution in [-0.4, -0.2) is 61.1 Å². The van der Waals surface area contributed by atoms with Crippen molar-refractivity contribution < 1.29 is 19.1 Å². The lowest BCUT2D eigenvalue weighted by atomic mass is 10.2. The lowest BCUT2D eigenvalue weighted by molar-refractivity contribution is 0.0996. The number of primary amides is 1. The van der Waals surface area contributed by atoms with Gasteiger partial charge in [0.1, 0.15) is 23.2 Å². The van der Waals surface area contributed by atoms with Crippen molar-refractivity contribution in [3.05, 3.63) is 71.1 Å². The van der Waals surface area contributed by atoms with Crippen molar-refractivity contribution in [3.8, 4) is 5.75 Å². The molecule has 0 spiro atoms. The third-order valence-electron chi connectivity index (χ3n) is 6.84. The van der Waals surface area contributed by atoms with Gasteiger partial charge in [-0.15, -0.1) is 0 Å². The van der Waals surface area contributed by atoms with Gasteiger partial charge in [-0.3, -0.25) is 24.4 Å². The molecule has 0 fully saturated rings. The molecule has 0 radical (unpaired) electrons. The number of aldehydes is 1. The molecule has 3 aromatic heterocycles. The molecule has 216 valence electrons. The highest BCUT2D eigenvalue weighted by molar-refractivity contribution is 6.03. The second kappa shape index (κ2) is 11.6. The third kappa shape index (κ3) is 5.19. The molecular formula is C29H31N9O4. The van der Waals surface area contributed by atoms with Crippen LogP contribution in [0.25, 0.3) is 22.1 Å². The molecule has 0 saturated carbocycles. The number of hydrogen-bond donors (Lipinski definition) is 3. The number of aryl methyl sites for hydroxylation is 2. The van der Waals surface area contributed by atoms with E-state index in [9.17, 15) is 14.4 Å². The van der Waals surface area contributed by atoms with Gasteiger partial charge in [0.15, 0.2) is 0 Å². The minimum Gasteiger partial charge on any atom is -0.494 e. The lowest BCUT2D eigenvalue weighted by Crippen LogP contribution is -2.20. The van der Waals surface area contributed by atoms with Gasteiger partial charge in [0.05, 0.1) is 29.4 Å². The molecule has 5 rings (SSSR count). The number of allylic oxidation sites excluding steroid dienone is 2. The van der Waals surface area contributed by atoms with Gasteiger partial charge in [-0.2, -0.15) is 5.10 Å². The summed E-state index contributed by atoms with van der Waals surface area (Å²) in [6, 6.07) is 10.2. The van der Waals surface area contributed by atoms with E-state index in [0.29, 0.717) is 70.7 Å². The van der Waals surface area contributed by atoms with E-state index in [-0.39, 0.29) is 5.91 Å². The molecule has 0 saturated heterocycles. The van der Waals surface area contributed by atoms with E-state index in [2.05, 4.69) is 25.7 Å². The zero-order valence-corrected chi connectivity index (χ0v) is 23.7. The molecule has 0 atom stereocenters. The van der Waals surface area contributed by atoms with Crippen molar-refractivity contribution in [2.24, 2.45) is 5.73 Å². The van der Waals surface area contributed by atoms with E-state index in [0.717, 1.165) is 17.5 Å². The molecule has 2 aromatic carbocycles. The van der Waals surface area contributed by atoms with E-state index in [4.69, 9.17) is 10.5 Å². The summed E-state index contributed by atoms with van der Waals surface area (Å²) in [6.45, 7) is 5.08. The smallest absolute Gasteiger partial charge is 0.276 e. The minimum atomic E-state index is -0.516. The molecule has 0 unspecified atom stereocenters. The summed E-state index contributed by atoms with van der Waals surface area (Å²) in [6.07, 6.45) is 4.62. The van der Waals surface area contributed by atoms with Gasteiger partial charge in [-0.25, -0.2) is 9.97 Å². The van der Waals surface area contributed by atoms with Crippen LogP contribution < -0.4 is 21.1 Å². The van der Waals surface area contributed by atoms with Crippen LogP contribution >= 0.6 is 0 Å². The number of nitrogens with two attached hydrogens (primary N) is 1. The van der Waals surface area contributed by atoms with Gasteiger partial charge in [-0.1, -0.05) is 12.2 Å². The summed E-state index contributed by atoms with van der Waals surface area (Å²) >= 11 is 0. The highest BCUT2D eigenvalue weighted by atomic mass is 16.5. The largest absolute Gasteiger partial charge is 0.494 e. The lowest BCUT2D eigenvalue weighted by Gasteiger charge is -2.11. The first-order valence-corrected chi connectivity index (χ1v) is 13.3. The molecule has 13 heteroatoms. The molecule has 0 aliphatic rings. The number of rotatable bonds is 11. The first-order valence-electron chi connectivity index (χ1n) is 13.3. The summed E-state index contributed by atoms with van der Waals surface area (Å²) in [5, 5.41) is 10.4. The Balaban J connectivity index is 1.49. The highest BCUT2D eigenvalue weighted by Crippen LogP contribution is 2.31. The van der Waals surface area contributed by atoms with Gasteiger partial charge in [-0.05, 0) is 50.2 Å². The second-order valence-corrected chi connectivity index (χ2v) is 9.53. The highest BCUT2D eigenvalue weighted by Gasteiger charge is 2.20. The molecule has 5 aromatic rings. The van der Waals surface area contributed by atoms with Crippen LogP contribution in [0, 0.1) is 6.92 Å². The fourth-order valence-corrected chi connectivity index (χ4v) is 4.90. The van der Waals surface area contributed by atoms with Crippen LogP contribution in [0.1, 0.15) is 43.8 Å². The fourth-order valence-electron chi connectivity index (χ4n) is 4.90. The summed E-state index contributed by atoms with van der Waals surface area (Å²) in [5.74, 6) is 0.506. The first-order chi connectivity index (χ1) is 20.3. The van der Waals surface area contributed by atoms with Crippen LogP contribution in [0.15, 0.2) is 48.6 Å². The van der Waals surface area contributed by atoms with E-state index in [1.165, 1.54) is 7.11 Å². The van der Waals surface area contributed by atoms with Crippen molar-refractivity contribution >= 4 is 52.1 Å². The molecular weight excluding hydrogens is 538 g/mol. The van der Waals surface area contributed by atoms with Crippen molar-refractivity contribution in [1.82, 2.24) is 28.9 Å². The van der Waals surface area contributed by atoms with Gasteiger partial charge < -0.3 is 24.9 Å². The number of methoxy groups -OCH3 is 1. The monoisotopic (exact) mass is 569 g/mol. The van der Waals surface area contributed by atoms with Crippen molar-refractivity contribution in [2.45, 2.75) is 33.5 Å². The SMILES string of the molecule is CCn1nc(C)cc1C(=O)Nc1nc2cc(C=O)cc(OC)c2n1C/C=C/Cn1c(NC)nc2cc(C(N)=O)ccc21. The normalized spacial score (nSPS) is 11.4. The van der Waals surface area contributed by atoms with Crippen LogP contribution in [0.5, 0.6) is 5.75 Å². The maximum atomic E-state index is 13.3. The molecule has 42 heavy (non-hydrogen) atoms. The van der Waals surface area contributed by atoms with Crippen molar-refractivity contribution in [3.63, 3.8) is 0 Å². The number of imidazole rings is 2. The number of nitrogens with one attached hydrogen (secondary N) is 2. The van der Waals surface area contributed by atoms with Crippen molar-refractivity contribution in [1.29, 1.82) is 0 Å². The average molecular weight is 570 g/mol. The standard InChI is InChI=1S/C29H31N9O4/c1-5-38-23(12-17(2)35-38)27(41)34-29-33-21-13-18(16-39)14-24(42-4)25(21)37(29)11-7-6-10-36-22-9-8-19(26(30)40)15-20(22)32-28(36)31-3/h6-9,12-16H,5,10-11H2,1-4H3,(H2,30,40)(H,31,32)(H,33,34,41)/b7-6+. The number of benzene rings is 2. The van der Waals surface area contributed by atoms with Gasteiger partial charge in [0.2, 0.25) is 17.8 Å². The van der Waals surface area contributed by atoms with Crippen LogP contribution in [-0.2, 0) is 19.6 Å². The number of aromatic nitrogens is 6. The topological polar surface area (TPSA) is 164 Å². The summed E-state index contributed by atoms with van der Waals surface area (Å²) in [7, 11) is 3.29. The Kier molecular flexibility index (Phi) is 7.74. The van der Waals surface area contributed by atoms with Gasteiger partial charge >= 0.3 is 0 Å². The zero-order chi connectivity index (χ0) is 30.0. The number of amides is 2. The number of fused-ring (bicyclic) bond motifs is 2. The number of carbonyl (C=O) groups is 3. The van der Waals surface area contributed by atoms with Crippen molar-refractivity contribution in [2.75, 3.05) is 24.8 Å². The van der Waals surface area contributed by atoms with Gasteiger partial charge in [0.25, 0.3) is 5.91 Å². The Morgan fingerprint density at radius 2 is 1.76 bits per heavy atom. The molecule has 13 nitrogen and oxygen atoms in total. The number of carbonyl (C=O) groups excluding carboxylic acids is 3. The Bertz CT molecular complexity index is 1860. The van der Waals surface area contributed by atoms with E-state index < -0.39 is 5.91 Å². The quantitative estimate of drug-likeness (QED) is 0.161. The first kappa shape index (κ1) is 28.1. The number of ether oxygens (including phenoxy) is 1. The third-order valence-corrected chi connectivity index (χ3v) is 6.84. The maximum absolute atomic E-state index is 13.3. The molecule has 0 bridgehead atoms. The molecule has 0 aliphatic heterocycles. The molecule has 4 N–H and O–H groups in total. The molecule has 2 amide bonds. The van der Waals surface area contributed by atoms with Crippen LogP contribution in [0.2, 0.25) is 0 Å². The molecule has 0 aliphatic carbocycles. The van der Waals surface area contributed by atoms with E-state index >= 15 is 0 Å². The van der Waals surface area contributed by atoms with E-state index in [1.54, 1.807) is 42.1 Å². The fraction of sp³-hybridized carbons (Fsp3) is 0.241. The average Bonchev–Trinajstić information content (AvgIpc) is 3.66. The Morgan fingerprint density at radius 1 is 1.02 bits per heavy atom. The maximum Gasteiger partial charge on any atom is 0.276 e. The predicted molar refractivity (Wildman–Crippen MR) is 159 cm³/mol. The zero-order valence-electron chi connectivity index (χ0n) is 23.7. The number of hydrogen-bond acceptors (Lipinski definition) is 8. The minimum absolute atomic E-state index is 0.297. The summed E-state index contributed by atoms with van der Waals surface area (Å²) < 4.78 is 11.0. The van der Waals surface area contributed by atoms with Gasteiger partial charge in [0, 0.05) is 37.8 Å². The Labute approximate surface area is 241 Å². The van der Waals surface area contributed by atoms with Crippen LogP contribution in [0.4, 0.5) is 11.9 Å². The molecule has 3 heterocycles. The summed E-state index contributed by atoms with van der Waals surface area (Å²) in [4.78, 5) is 45.7. The van der Waals surface area contributed by atoms with E-state index in [1.807, 2.05) is 41.2 Å². The number of anilines is 2.